The predicted molar refractivity (Wildman–Crippen MR) is 140 cm³/mol. The van der Waals surface area contributed by atoms with Crippen molar-refractivity contribution in [3.05, 3.63) is 114 Å². The second-order valence-corrected chi connectivity index (χ2v) is 8.87. The quantitative estimate of drug-likeness (QED) is 0.348. The minimum atomic E-state index is -0.468. The third kappa shape index (κ3) is 5.11. The molecule has 1 fully saturated rings. The van der Waals surface area contributed by atoms with E-state index in [0.29, 0.717) is 18.2 Å². The summed E-state index contributed by atoms with van der Waals surface area (Å²) in [4.78, 5) is 23.7. The molecule has 5 rings (SSSR count). The van der Waals surface area contributed by atoms with Gasteiger partial charge in [-0.25, -0.2) is 4.39 Å². The average molecular weight is 501 g/mol. The van der Waals surface area contributed by atoms with Gasteiger partial charge in [-0.15, -0.1) is 0 Å². The van der Waals surface area contributed by atoms with E-state index in [4.69, 9.17) is 12.2 Å². The van der Waals surface area contributed by atoms with Gasteiger partial charge in [-0.3, -0.25) is 14.8 Å². The van der Waals surface area contributed by atoms with E-state index in [1.807, 2.05) is 53.6 Å². The van der Waals surface area contributed by atoms with Gasteiger partial charge < -0.3 is 20.1 Å². The van der Waals surface area contributed by atoms with Gasteiger partial charge in [0, 0.05) is 37.3 Å². The lowest BCUT2D eigenvalue weighted by Crippen LogP contribution is -2.33. The minimum absolute atomic E-state index is 0.141. The summed E-state index contributed by atoms with van der Waals surface area (Å²) >= 11 is 5.72. The molecule has 0 bridgehead atoms. The van der Waals surface area contributed by atoms with Crippen molar-refractivity contribution in [2.24, 2.45) is 0 Å². The number of rotatable bonds is 8. The van der Waals surface area contributed by atoms with Gasteiger partial charge >= 0.3 is 0 Å². The molecule has 9 heteroatoms. The lowest BCUT2D eigenvalue weighted by atomic mass is 10.0. The SMILES string of the molecule is O=C(CCN1C(=S)N[C@@H](c2ccccn2)[C@H]1c1cccn1Cc1ccccn1)Nc1ccccc1F. The van der Waals surface area contributed by atoms with Crippen molar-refractivity contribution in [3.63, 3.8) is 0 Å². The number of amides is 1. The summed E-state index contributed by atoms with van der Waals surface area (Å²) in [7, 11) is 0. The molecule has 3 aromatic heterocycles. The number of aromatic nitrogens is 3. The van der Waals surface area contributed by atoms with E-state index in [9.17, 15) is 9.18 Å². The number of pyridine rings is 2. The van der Waals surface area contributed by atoms with Crippen molar-refractivity contribution in [2.75, 3.05) is 11.9 Å². The van der Waals surface area contributed by atoms with E-state index < -0.39 is 5.82 Å². The zero-order valence-corrected chi connectivity index (χ0v) is 20.2. The van der Waals surface area contributed by atoms with Crippen LogP contribution < -0.4 is 10.6 Å². The van der Waals surface area contributed by atoms with Gasteiger partial charge in [0.25, 0.3) is 0 Å². The Bertz CT molecular complexity index is 1350. The first-order valence-corrected chi connectivity index (χ1v) is 12.1. The Morgan fingerprint density at radius 1 is 1.00 bits per heavy atom. The topological polar surface area (TPSA) is 75.1 Å². The molecule has 1 aliphatic rings. The Morgan fingerprint density at radius 3 is 2.53 bits per heavy atom. The molecule has 1 amide bonds. The van der Waals surface area contributed by atoms with Gasteiger partial charge in [0.05, 0.1) is 35.7 Å². The maximum atomic E-state index is 14.0. The fraction of sp³-hybridized carbons (Fsp3) is 0.185. The van der Waals surface area contributed by atoms with E-state index in [1.165, 1.54) is 6.07 Å². The molecule has 1 aromatic carbocycles. The largest absolute Gasteiger partial charge is 0.352 e. The Hall–Kier alpha value is -4.11. The zero-order valence-electron chi connectivity index (χ0n) is 19.4. The molecule has 182 valence electrons. The second-order valence-electron chi connectivity index (χ2n) is 8.48. The second kappa shape index (κ2) is 10.7. The molecule has 36 heavy (non-hydrogen) atoms. The van der Waals surface area contributed by atoms with Crippen molar-refractivity contribution in [1.29, 1.82) is 0 Å². The Kier molecular flexibility index (Phi) is 6.99. The monoisotopic (exact) mass is 500 g/mol. The highest BCUT2D eigenvalue weighted by Gasteiger charge is 2.41. The minimum Gasteiger partial charge on any atom is -0.352 e. The highest BCUT2D eigenvalue weighted by atomic mass is 32.1. The normalized spacial score (nSPS) is 17.1. The number of nitrogens with one attached hydrogen (secondary N) is 2. The molecule has 2 N–H and O–H groups in total. The molecule has 7 nitrogen and oxygen atoms in total. The summed E-state index contributed by atoms with van der Waals surface area (Å²) in [6.07, 6.45) is 5.70. The van der Waals surface area contributed by atoms with Crippen LogP contribution in [0.25, 0.3) is 0 Å². The van der Waals surface area contributed by atoms with E-state index in [1.54, 1.807) is 30.6 Å². The summed E-state index contributed by atoms with van der Waals surface area (Å²) in [6, 6.07) is 21.4. The zero-order chi connectivity index (χ0) is 24.9. The van der Waals surface area contributed by atoms with Crippen LogP contribution in [0.2, 0.25) is 0 Å². The molecule has 0 radical (unpaired) electrons. The molecule has 4 heterocycles. The third-order valence-corrected chi connectivity index (χ3v) is 6.50. The van der Waals surface area contributed by atoms with Crippen molar-refractivity contribution in [3.8, 4) is 0 Å². The van der Waals surface area contributed by atoms with Gasteiger partial charge in [-0.05, 0) is 60.7 Å². The lowest BCUT2D eigenvalue weighted by molar-refractivity contribution is -0.116. The molecule has 4 aromatic rings. The predicted octanol–water partition coefficient (Wildman–Crippen LogP) is 4.47. The van der Waals surface area contributed by atoms with Gasteiger partial charge in [-0.2, -0.15) is 0 Å². The summed E-state index contributed by atoms with van der Waals surface area (Å²) in [5.41, 5.74) is 2.98. The van der Waals surface area contributed by atoms with Crippen molar-refractivity contribution in [1.82, 2.24) is 24.8 Å². The first-order valence-electron chi connectivity index (χ1n) is 11.7. The molecule has 1 aliphatic heterocycles. The molecular weight excluding hydrogens is 475 g/mol. The Labute approximate surface area is 214 Å². The maximum absolute atomic E-state index is 14.0. The number of para-hydroxylation sites is 1. The highest BCUT2D eigenvalue weighted by molar-refractivity contribution is 7.80. The highest BCUT2D eigenvalue weighted by Crippen LogP contribution is 2.39. The third-order valence-electron chi connectivity index (χ3n) is 6.15. The molecular formula is C27H25FN6OS. The van der Waals surface area contributed by atoms with Gasteiger partial charge in [-0.1, -0.05) is 24.3 Å². The maximum Gasteiger partial charge on any atom is 0.226 e. The number of carbonyl (C=O) groups is 1. The molecule has 0 saturated carbocycles. The lowest BCUT2D eigenvalue weighted by Gasteiger charge is -2.28. The Morgan fingerprint density at radius 2 is 1.78 bits per heavy atom. The standard InChI is InChI=1S/C27H25FN6OS/c28-20-9-1-2-10-21(20)31-24(35)13-17-34-26(25(32-27(34)36)22-11-4-6-15-30-22)23-12-7-16-33(23)18-19-8-3-5-14-29-19/h1-12,14-16,25-26H,13,17-18H2,(H,31,35)(H,32,36)/t25-,26+/m0/s1. The van der Waals surface area contributed by atoms with Gasteiger partial charge in [0.1, 0.15) is 5.82 Å². The number of halogens is 1. The number of anilines is 1. The molecule has 0 aliphatic carbocycles. The molecule has 0 spiro atoms. The van der Waals surface area contributed by atoms with Crippen molar-refractivity contribution >= 4 is 28.9 Å². The Balaban J connectivity index is 1.40. The summed E-state index contributed by atoms with van der Waals surface area (Å²) in [5.74, 6) is -0.753. The fourth-order valence-electron chi connectivity index (χ4n) is 4.47. The van der Waals surface area contributed by atoms with Crippen LogP contribution in [0, 0.1) is 5.82 Å². The molecule has 0 unspecified atom stereocenters. The molecule has 1 saturated heterocycles. The van der Waals surface area contributed by atoms with Crippen LogP contribution >= 0.6 is 12.2 Å². The van der Waals surface area contributed by atoms with Crippen LogP contribution in [0.3, 0.4) is 0 Å². The van der Waals surface area contributed by atoms with Crippen LogP contribution in [0.1, 0.15) is 35.6 Å². The summed E-state index contributed by atoms with van der Waals surface area (Å²) in [6.45, 7) is 0.956. The van der Waals surface area contributed by atoms with E-state index in [0.717, 1.165) is 17.1 Å². The number of hydrogen-bond acceptors (Lipinski definition) is 4. The molecule has 2 atom stereocenters. The first-order chi connectivity index (χ1) is 17.6. The summed E-state index contributed by atoms with van der Waals surface area (Å²) in [5, 5.41) is 6.60. The summed E-state index contributed by atoms with van der Waals surface area (Å²) < 4.78 is 16.1. The van der Waals surface area contributed by atoms with Gasteiger partial charge in [0.15, 0.2) is 5.11 Å². The number of benzene rings is 1. The van der Waals surface area contributed by atoms with E-state index >= 15 is 0 Å². The van der Waals surface area contributed by atoms with Crippen LogP contribution in [0.15, 0.2) is 91.4 Å². The van der Waals surface area contributed by atoms with E-state index in [-0.39, 0.29) is 30.1 Å². The number of hydrogen-bond donors (Lipinski definition) is 2. The van der Waals surface area contributed by atoms with Crippen LogP contribution in [0.5, 0.6) is 0 Å². The number of nitrogens with zero attached hydrogens (tertiary/aromatic N) is 4. The van der Waals surface area contributed by atoms with Crippen molar-refractivity contribution in [2.45, 2.75) is 25.0 Å². The van der Waals surface area contributed by atoms with E-state index in [2.05, 4.69) is 31.2 Å². The van der Waals surface area contributed by atoms with Crippen LogP contribution in [-0.2, 0) is 11.3 Å². The number of carbonyl (C=O) groups excluding carboxylic acids is 1. The van der Waals surface area contributed by atoms with Crippen LogP contribution in [0.4, 0.5) is 10.1 Å². The fourth-order valence-corrected chi connectivity index (χ4v) is 4.80. The van der Waals surface area contributed by atoms with Gasteiger partial charge in [0.2, 0.25) is 5.91 Å². The smallest absolute Gasteiger partial charge is 0.226 e. The first kappa shape index (κ1) is 23.6. The number of thiocarbonyl (C=S) groups is 1. The van der Waals surface area contributed by atoms with Crippen LogP contribution in [-0.4, -0.2) is 37.0 Å². The van der Waals surface area contributed by atoms with Crippen molar-refractivity contribution < 1.29 is 9.18 Å². The average Bonchev–Trinajstić information content (AvgIpc) is 3.48.